The van der Waals surface area contributed by atoms with Crippen LogP contribution in [0.3, 0.4) is 0 Å². The average Bonchev–Trinajstić information content (AvgIpc) is 3.51. The van der Waals surface area contributed by atoms with Crippen LogP contribution in [0.2, 0.25) is 0 Å². The summed E-state index contributed by atoms with van der Waals surface area (Å²) in [6.07, 6.45) is 4.38. The Kier molecular flexibility index (Phi) is 9.10. The first-order valence-corrected chi connectivity index (χ1v) is 13.7. The summed E-state index contributed by atoms with van der Waals surface area (Å²) in [6.45, 7) is 0.514. The molecule has 1 aliphatic rings. The Morgan fingerprint density at radius 2 is 2.03 bits per heavy atom. The predicted octanol–water partition coefficient (Wildman–Crippen LogP) is 4.34. The number of anilines is 1. The van der Waals surface area contributed by atoms with Crippen molar-refractivity contribution in [2.45, 2.75) is 35.7 Å². The van der Waals surface area contributed by atoms with Crippen LogP contribution in [0.5, 0.6) is 0 Å². The van der Waals surface area contributed by atoms with Crippen LogP contribution in [0.15, 0.2) is 76.5 Å². The van der Waals surface area contributed by atoms with Gasteiger partial charge in [0.25, 0.3) is 5.91 Å². The Labute approximate surface area is 223 Å². The summed E-state index contributed by atoms with van der Waals surface area (Å²) in [6, 6.07) is 16.3. The molecule has 37 heavy (non-hydrogen) atoms. The Bertz CT molecular complexity index is 1280. The second-order valence-corrected chi connectivity index (χ2v) is 10.7. The van der Waals surface area contributed by atoms with Crippen molar-refractivity contribution >= 4 is 46.6 Å². The molecule has 10 heteroatoms. The third kappa shape index (κ3) is 7.51. The van der Waals surface area contributed by atoms with E-state index in [1.807, 2.05) is 42.5 Å². The fraction of sp³-hybridized carbons (Fsp3) is 0.259. The molecule has 3 aromatic rings. The molecule has 2 heterocycles. The van der Waals surface area contributed by atoms with Gasteiger partial charge in [0, 0.05) is 41.8 Å². The van der Waals surface area contributed by atoms with E-state index < -0.39 is 12.1 Å². The maximum Gasteiger partial charge on any atom is 0.355 e. The molecule has 1 saturated heterocycles. The zero-order valence-electron chi connectivity index (χ0n) is 19.9. The number of nitrogens with zero attached hydrogens (tertiary/aromatic N) is 2. The lowest BCUT2D eigenvalue weighted by Gasteiger charge is -2.22. The van der Waals surface area contributed by atoms with Crippen molar-refractivity contribution in [3.8, 4) is 0 Å². The van der Waals surface area contributed by atoms with Crippen LogP contribution in [0.25, 0.3) is 0 Å². The number of rotatable bonds is 11. The van der Waals surface area contributed by atoms with E-state index in [0.717, 1.165) is 5.56 Å². The molecule has 0 radical (unpaired) electrons. The molecule has 4 rings (SSSR count). The van der Waals surface area contributed by atoms with Crippen LogP contribution in [0.4, 0.5) is 5.69 Å². The van der Waals surface area contributed by atoms with E-state index in [2.05, 4.69) is 10.3 Å². The SMILES string of the molecule is O=C(Nc1cccc(C[C@H](O)/C=C/[C@H]2CCC(=O)N2CCSc2nc(C(=O)O)cs2)c1)c1ccccc1. The zero-order chi connectivity index (χ0) is 26.2. The van der Waals surface area contributed by atoms with E-state index in [4.69, 9.17) is 5.11 Å². The first-order valence-electron chi connectivity index (χ1n) is 11.8. The van der Waals surface area contributed by atoms with Gasteiger partial charge in [0.1, 0.15) is 0 Å². The highest BCUT2D eigenvalue weighted by Crippen LogP contribution is 2.25. The minimum absolute atomic E-state index is 0.0312. The monoisotopic (exact) mass is 537 g/mol. The molecule has 2 atom stereocenters. The van der Waals surface area contributed by atoms with Crippen LogP contribution in [0, 0.1) is 0 Å². The molecule has 2 amide bonds. The van der Waals surface area contributed by atoms with Gasteiger partial charge in [-0.25, -0.2) is 9.78 Å². The van der Waals surface area contributed by atoms with E-state index in [9.17, 15) is 19.5 Å². The number of carboxylic acids is 1. The minimum atomic E-state index is -1.05. The highest BCUT2D eigenvalue weighted by molar-refractivity contribution is 8.01. The van der Waals surface area contributed by atoms with Gasteiger partial charge in [0.15, 0.2) is 10.0 Å². The molecule has 1 aromatic heterocycles. The van der Waals surface area contributed by atoms with Crippen LogP contribution < -0.4 is 5.32 Å². The lowest BCUT2D eigenvalue weighted by molar-refractivity contribution is -0.128. The lowest BCUT2D eigenvalue weighted by Crippen LogP contribution is -2.33. The van der Waals surface area contributed by atoms with E-state index in [-0.39, 0.29) is 23.6 Å². The lowest BCUT2D eigenvalue weighted by atomic mass is 10.1. The van der Waals surface area contributed by atoms with Crippen LogP contribution in [-0.4, -0.2) is 62.3 Å². The molecule has 1 aliphatic heterocycles. The van der Waals surface area contributed by atoms with Gasteiger partial charge in [0.2, 0.25) is 5.91 Å². The number of hydrogen-bond acceptors (Lipinski definition) is 7. The van der Waals surface area contributed by atoms with Gasteiger partial charge in [-0.15, -0.1) is 11.3 Å². The molecular weight excluding hydrogens is 510 g/mol. The third-order valence-corrected chi connectivity index (χ3v) is 7.86. The van der Waals surface area contributed by atoms with Gasteiger partial charge >= 0.3 is 5.97 Å². The number of likely N-dealkylation sites (tertiary alicyclic amines) is 1. The van der Waals surface area contributed by atoms with Gasteiger partial charge in [-0.2, -0.15) is 0 Å². The molecule has 0 spiro atoms. The van der Waals surface area contributed by atoms with Crippen molar-refractivity contribution in [3.05, 3.63) is 89.0 Å². The zero-order valence-corrected chi connectivity index (χ0v) is 21.6. The summed E-state index contributed by atoms with van der Waals surface area (Å²) in [7, 11) is 0. The number of benzene rings is 2. The maximum atomic E-state index is 12.4. The second kappa shape index (κ2) is 12.7. The molecule has 8 nitrogen and oxygen atoms in total. The number of aliphatic hydroxyl groups is 1. The van der Waals surface area contributed by atoms with Crippen LogP contribution in [-0.2, 0) is 11.2 Å². The quantitative estimate of drug-likeness (QED) is 0.246. The van der Waals surface area contributed by atoms with E-state index in [1.54, 1.807) is 29.2 Å². The molecule has 192 valence electrons. The van der Waals surface area contributed by atoms with E-state index >= 15 is 0 Å². The maximum absolute atomic E-state index is 12.4. The Hall–Kier alpha value is -3.47. The fourth-order valence-corrected chi connectivity index (χ4v) is 5.84. The average molecular weight is 538 g/mol. The van der Waals surface area contributed by atoms with Gasteiger partial charge in [-0.3, -0.25) is 9.59 Å². The summed E-state index contributed by atoms with van der Waals surface area (Å²) in [5.74, 6) is -0.575. The smallest absolute Gasteiger partial charge is 0.355 e. The number of thiazole rings is 1. The summed E-state index contributed by atoms with van der Waals surface area (Å²) in [4.78, 5) is 41.6. The van der Waals surface area contributed by atoms with Gasteiger partial charge in [-0.05, 0) is 36.2 Å². The number of aromatic nitrogens is 1. The highest BCUT2D eigenvalue weighted by atomic mass is 32.2. The number of nitrogens with one attached hydrogen (secondary N) is 1. The number of carboxylic acid groups (broad SMARTS) is 1. The fourth-order valence-electron chi connectivity index (χ4n) is 4.03. The normalized spacial score (nSPS) is 16.3. The number of amides is 2. The molecule has 1 fully saturated rings. The molecule has 0 aliphatic carbocycles. The Balaban J connectivity index is 1.28. The van der Waals surface area contributed by atoms with Crippen molar-refractivity contribution in [2.24, 2.45) is 0 Å². The first kappa shape index (κ1) is 26.6. The number of carbonyl (C=O) groups excluding carboxylic acids is 2. The molecule has 3 N–H and O–H groups in total. The van der Waals surface area contributed by atoms with Crippen molar-refractivity contribution in [1.29, 1.82) is 0 Å². The van der Waals surface area contributed by atoms with Gasteiger partial charge < -0.3 is 20.4 Å². The topological polar surface area (TPSA) is 120 Å². The summed E-state index contributed by atoms with van der Waals surface area (Å²) >= 11 is 2.70. The summed E-state index contributed by atoms with van der Waals surface area (Å²) in [5.41, 5.74) is 2.14. The number of hydrogen-bond donors (Lipinski definition) is 3. The van der Waals surface area contributed by atoms with Crippen molar-refractivity contribution < 1.29 is 24.6 Å². The van der Waals surface area contributed by atoms with Crippen molar-refractivity contribution in [2.75, 3.05) is 17.6 Å². The number of carbonyl (C=O) groups is 3. The Morgan fingerprint density at radius 3 is 2.78 bits per heavy atom. The highest BCUT2D eigenvalue weighted by Gasteiger charge is 2.28. The van der Waals surface area contributed by atoms with Crippen LogP contribution >= 0.6 is 23.1 Å². The second-order valence-electron chi connectivity index (χ2n) is 8.52. The predicted molar refractivity (Wildman–Crippen MR) is 144 cm³/mol. The summed E-state index contributed by atoms with van der Waals surface area (Å²) in [5, 5.41) is 24.0. The number of aromatic carboxylic acids is 1. The summed E-state index contributed by atoms with van der Waals surface area (Å²) < 4.78 is 0.661. The van der Waals surface area contributed by atoms with Crippen molar-refractivity contribution in [3.63, 3.8) is 0 Å². The third-order valence-electron chi connectivity index (χ3n) is 5.86. The van der Waals surface area contributed by atoms with E-state index in [0.29, 0.717) is 47.2 Å². The largest absolute Gasteiger partial charge is 0.476 e. The Morgan fingerprint density at radius 1 is 1.22 bits per heavy atom. The van der Waals surface area contributed by atoms with Crippen molar-refractivity contribution in [1.82, 2.24) is 9.88 Å². The number of aliphatic hydroxyl groups excluding tert-OH is 1. The molecular formula is C27H27N3O5S2. The molecule has 0 unspecified atom stereocenters. The van der Waals surface area contributed by atoms with Gasteiger partial charge in [-0.1, -0.05) is 54.2 Å². The van der Waals surface area contributed by atoms with Crippen LogP contribution in [0.1, 0.15) is 39.3 Å². The first-order chi connectivity index (χ1) is 17.9. The number of thioether (sulfide) groups is 1. The minimum Gasteiger partial charge on any atom is -0.476 e. The standard InChI is InChI=1S/C27H27N3O5S2/c31-22(16-18-5-4-8-20(15-18)28-25(33)19-6-2-1-3-7-19)11-9-21-10-12-24(32)30(21)13-14-36-27-29-23(17-37-27)26(34)35/h1-9,11,15,17,21-22,31H,10,12-14,16H2,(H,28,33)(H,34,35)/b11-9+/t21-,22+/m0/s1. The van der Waals surface area contributed by atoms with E-state index in [1.165, 1.54) is 28.5 Å². The molecule has 2 aromatic carbocycles. The van der Waals surface area contributed by atoms with Gasteiger partial charge in [0.05, 0.1) is 12.1 Å². The molecule has 0 saturated carbocycles. The molecule has 0 bridgehead atoms.